The Morgan fingerprint density at radius 3 is 1.79 bits per heavy atom. The van der Waals surface area contributed by atoms with Gasteiger partial charge in [-0.05, 0) is 51.4 Å². The van der Waals surface area contributed by atoms with Crippen LogP contribution < -0.4 is 5.73 Å². The fourth-order valence-electron chi connectivity index (χ4n) is 4.81. The van der Waals surface area contributed by atoms with E-state index < -0.39 is 13.9 Å². The van der Waals surface area contributed by atoms with E-state index in [1.165, 1.54) is 64.2 Å². The van der Waals surface area contributed by atoms with E-state index in [0.29, 0.717) is 13.0 Å². The number of phosphoric ester groups is 1. The number of ether oxygens (including phenoxy) is 2. The molecule has 3 N–H and O–H groups in total. The first kappa shape index (κ1) is 45.5. The fourth-order valence-corrected chi connectivity index (χ4v) is 5.57. The van der Waals surface area contributed by atoms with E-state index in [1.54, 1.807) is 0 Å². The van der Waals surface area contributed by atoms with Gasteiger partial charge in [0.25, 0.3) is 0 Å². The molecular weight excluding hydrogens is 613 g/mol. The molecule has 0 aromatic rings. The molecule has 0 aliphatic carbocycles. The van der Waals surface area contributed by atoms with Crippen LogP contribution >= 0.6 is 7.82 Å². The van der Waals surface area contributed by atoms with Gasteiger partial charge in [0.2, 0.25) is 0 Å². The Labute approximate surface area is 288 Å². The number of esters is 1. The Morgan fingerprint density at radius 1 is 0.660 bits per heavy atom. The van der Waals surface area contributed by atoms with E-state index >= 15 is 0 Å². The SMILES string of the molecule is CC/C=C\C/C=C\C/C=C\C/C=C\CCCCCCCCCOCC(COP(=O)(O)OCCN)OC(=O)CCCCCCCCCC. The number of rotatable bonds is 35. The van der Waals surface area contributed by atoms with Crippen LogP contribution in [0, 0.1) is 0 Å². The number of hydrogen-bond donors (Lipinski definition) is 2. The van der Waals surface area contributed by atoms with Gasteiger partial charge in [-0.25, -0.2) is 4.57 Å². The smallest absolute Gasteiger partial charge is 0.457 e. The maximum Gasteiger partial charge on any atom is 0.472 e. The van der Waals surface area contributed by atoms with Crippen LogP contribution in [0.2, 0.25) is 0 Å². The molecule has 47 heavy (non-hydrogen) atoms. The van der Waals surface area contributed by atoms with Gasteiger partial charge in [0, 0.05) is 19.6 Å². The summed E-state index contributed by atoms with van der Waals surface area (Å²) in [6, 6.07) is 0. The number of hydrogen-bond acceptors (Lipinski definition) is 7. The van der Waals surface area contributed by atoms with E-state index in [1.807, 2.05) is 0 Å². The first-order valence-electron chi connectivity index (χ1n) is 18.6. The van der Waals surface area contributed by atoms with Crippen molar-refractivity contribution in [3.05, 3.63) is 48.6 Å². The molecule has 0 fully saturated rings. The van der Waals surface area contributed by atoms with Crippen LogP contribution in [0.25, 0.3) is 0 Å². The molecule has 0 aromatic heterocycles. The van der Waals surface area contributed by atoms with E-state index in [0.717, 1.165) is 64.2 Å². The highest BCUT2D eigenvalue weighted by molar-refractivity contribution is 7.47. The van der Waals surface area contributed by atoms with Crippen LogP contribution in [-0.2, 0) is 27.9 Å². The molecule has 0 radical (unpaired) electrons. The number of unbranched alkanes of at least 4 members (excludes halogenated alkanes) is 14. The van der Waals surface area contributed by atoms with Gasteiger partial charge in [-0.15, -0.1) is 0 Å². The average molecular weight is 684 g/mol. The summed E-state index contributed by atoms with van der Waals surface area (Å²) in [5.41, 5.74) is 5.34. The van der Waals surface area contributed by atoms with Crippen molar-refractivity contribution in [2.75, 3.05) is 33.0 Å². The van der Waals surface area contributed by atoms with Crippen LogP contribution in [-0.4, -0.2) is 49.9 Å². The third kappa shape index (κ3) is 35.6. The van der Waals surface area contributed by atoms with Crippen molar-refractivity contribution in [1.82, 2.24) is 0 Å². The van der Waals surface area contributed by atoms with Gasteiger partial charge in [-0.1, -0.05) is 140 Å². The van der Waals surface area contributed by atoms with Gasteiger partial charge < -0.3 is 20.1 Å². The van der Waals surface area contributed by atoms with Gasteiger partial charge >= 0.3 is 13.8 Å². The zero-order valence-electron chi connectivity index (χ0n) is 30.0. The predicted molar refractivity (Wildman–Crippen MR) is 196 cm³/mol. The third-order valence-electron chi connectivity index (χ3n) is 7.51. The fraction of sp³-hybridized carbons (Fsp3) is 0.763. The van der Waals surface area contributed by atoms with E-state index in [4.69, 9.17) is 24.3 Å². The molecule has 0 aromatic carbocycles. The van der Waals surface area contributed by atoms with Crippen LogP contribution in [0.3, 0.4) is 0 Å². The number of carbonyl (C=O) groups is 1. The Bertz CT molecular complexity index is 859. The number of allylic oxidation sites excluding steroid dienone is 8. The molecule has 9 heteroatoms. The maximum absolute atomic E-state index is 12.4. The quantitative estimate of drug-likeness (QED) is 0.0293. The van der Waals surface area contributed by atoms with Crippen LogP contribution in [0.15, 0.2) is 48.6 Å². The van der Waals surface area contributed by atoms with Gasteiger partial charge in [-0.2, -0.15) is 0 Å². The molecule has 0 aliphatic heterocycles. The summed E-state index contributed by atoms with van der Waals surface area (Å²) in [4.78, 5) is 22.2. The van der Waals surface area contributed by atoms with Crippen LogP contribution in [0.1, 0.15) is 149 Å². The minimum absolute atomic E-state index is 0.0973. The summed E-state index contributed by atoms with van der Waals surface area (Å²) in [5, 5.41) is 0. The topological polar surface area (TPSA) is 117 Å². The molecule has 274 valence electrons. The van der Waals surface area contributed by atoms with Crippen molar-refractivity contribution in [3.63, 3.8) is 0 Å². The highest BCUT2D eigenvalue weighted by Gasteiger charge is 2.25. The predicted octanol–water partition coefficient (Wildman–Crippen LogP) is 10.5. The van der Waals surface area contributed by atoms with Gasteiger partial charge in [-0.3, -0.25) is 13.8 Å². The van der Waals surface area contributed by atoms with Gasteiger partial charge in [0.1, 0.15) is 6.10 Å². The highest BCUT2D eigenvalue weighted by atomic mass is 31.2. The lowest BCUT2D eigenvalue weighted by Gasteiger charge is -2.20. The molecule has 2 unspecified atom stereocenters. The lowest BCUT2D eigenvalue weighted by atomic mass is 10.1. The number of nitrogens with two attached hydrogens (primary N) is 1. The summed E-state index contributed by atoms with van der Waals surface area (Å²) in [7, 11) is -4.27. The van der Waals surface area contributed by atoms with Crippen molar-refractivity contribution >= 4 is 13.8 Å². The van der Waals surface area contributed by atoms with Crippen molar-refractivity contribution in [1.29, 1.82) is 0 Å². The Hall–Kier alpha value is -1.54. The van der Waals surface area contributed by atoms with Crippen molar-refractivity contribution in [2.45, 2.75) is 155 Å². The van der Waals surface area contributed by atoms with Crippen molar-refractivity contribution in [2.24, 2.45) is 5.73 Å². The van der Waals surface area contributed by atoms with E-state index in [-0.39, 0.29) is 32.3 Å². The summed E-state index contributed by atoms with van der Waals surface area (Å²) in [6.45, 7) is 4.73. The molecule has 0 saturated heterocycles. The number of carbonyl (C=O) groups excluding carboxylic acids is 1. The molecule has 0 rings (SSSR count). The monoisotopic (exact) mass is 683 g/mol. The first-order chi connectivity index (χ1) is 22.9. The van der Waals surface area contributed by atoms with Crippen LogP contribution in [0.4, 0.5) is 0 Å². The molecule has 0 aliphatic rings. The summed E-state index contributed by atoms with van der Waals surface area (Å²) in [5.74, 6) is -0.342. The van der Waals surface area contributed by atoms with Crippen molar-refractivity contribution < 1.29 is 32.8 Å². The van der Waals surface area contributed by atoms with Crippen LogP contribution in [0.5, 0.6) is 0 Å². The zero-order valence-corrected chi connectivity index (χ0v) is 30.9. The minimum atomic E-state index is -4.27. The lowest BCUT2D eigenvalue weighted by Crippen LogP contribution is -2.28. The molecule has 0 heterocycles. The second-order valence-corrected chi connectivity index (χ2v) is 13.5. The van der Waals surface area contributed by atoms with Gasteiger partial charge in [0.05, 0.1) is 19.8 Å². The Balaban J connectivity index is 4.03. The normalized spacial score (nSPS) is 14.2. The highest BCUT2D eigenvalue weighted by Crippen LogP contribution is 2.43. The van der Waals surface area contributed by atoms with E-state index in [9.17, 15) is 14.3 Å². The minimum Gasteiger partial charge on any atom is -0.457 e. The molecule has 0 amide bonds. The molecule has 0 bridgehead atoms. The van der Waals surface area contributed by atoms with E-state index in [2.05, 4.69) is 62.5 Å². The second kappa shape index (κ2) is 35.8. The average Bonchev–Trinajstić information content (AvgIpc) is 3.06. The summed E-state index contributed by atoms with van der Waals surface area (Å²) in [6.07, 6.45) is 39.9. The molecule has 0 spiro atoms. The summed E-state index contributed by atoms with van der Waals surface area (Å²) < 4.78 is 33.2. The summed E-state index contributed by atoms with van der Waals surface area (Å²) >= 11 is 0. The molecule has 8 nitrogen and oxygen atoms in total. The first-order valence-corrected chi connectivity index (χ1v) is 20.1. The molecule has 2 atom stereocenters. The molecular formula is C38H70NO7P. The number of phosphoric acid groups is 1. The Morgan fingerprint density at radius 2 is 1.19 bits per heavy atom. The Kier molecular flexibility index (Phi) is 34.6. The third-order valence-corrected chi connectivity index (χ3v) is 8.49. The molecule has 0 saturated carbocycles. The lowest BCUT2D eigenvalue weighted by molar-refractivity contribution is -0.154. The largest absolute Gasteiger partial charge is 0.472 e. The second-order valence-electron chi connectivity index (χ2n) is 12.1. The maximum atomic E-state index is 12.4. The zero-order chi connectivity index (χ0) is 34.5. The van der Waals surface area contributed by atoms with Crippen molar-refractivity contribution in [3.8, 4) is 0 Å². The standard InChI is InChI=1S/C38H70NO7P/c1-3-5-7-9-11-13-14-15-16-17-18-19-20-21-22-23-24-26-28-30-33-43-35-37(36-45-47(41,42)44-34-32-39)46-38(40)31-29-27-25-12-10-8-6-4-2/h5,7,11,13,15-16,18-19,37H,3-4,6,8-10,12,14,17,20-36,39H2,1-2H3,(H,41,42)/b7-5-,13-11-,16-15-,19-18-. The van der Waals surface area contributed by atoms with Gasteiger partial charge in [0.15, 0.2) is 0 Å².